The highest BCUT2D eigenvalue weighted by Crippen LogP contribution is 2.46. The molecule has 5 heteroatoms. The van der Waals surface area contributed by atoms with Crippen LogP contribution in [0.4, 0.5) is 0 Å². The Kier molecular flexibility index (Phi) is 6.26. The topological polar surface area (TPSA) is 63.6 Å². The van der Waals surface area contributed by atoms with Crippen LogP contribution >= 0.6 is 7.60 Å². The van der Waals surface area contributed by atoms with Gasteiger partial charge in [0.2, 0.25) is 0 Å². The van der Waals surface area contributed by atoms with Crippen LogP contribution in [0.25, 0.3) is 0 Å². The number of unbranched alkanes of at least 4 members (excludes halogenated alkanes) is 1. The average Bonchev–Trinajstić information content (AvgIpc) is 2.35. The van der Waals surface area contributed by atoms with Crippen molar-refractivity contribution in [3.8, 4) is 0 Å². The lowest BCUT2D eigenvalue weighted by atomic mass is 10.1. The molecular formula is C14H21O4P. The van der Waals surface area contributed by atoms with E-state index in [1.807, 2.05) is 13.0 Å². The van der Waals surface area contributed by atoms with E-state index >= 15 is 0 Å². The molecule has 0 aliphatic rings. The third-order valence-corrected chi connectivity index (χ3v) is 4.08. The highest BCUT2D eigenvalue weighted by molar-refractivity contribution is 7.52. The fraction of sp³-hybridized carbons (Fsp3) is 0.500. The molecule has 1 N–H and O–H groups in total. The van der Waals surface area contributed by atoms with Crippen LogP contribution in [-0.2, 0) is 20.0 Å². The van der Waals surface area contributed by atoms with Gasteiger partial charge < -0.3 is 9.42 Å². The molecule has 0 aliphatic heterocycles. The molecule has 1 rings (SSSR count). The summed E-state index contributed by atoms with van der Waals surface area (Å²) in [4.78, 5) is 21.4. The molecule has 106 valence electrons. The van der Waals surface area contributed by atoms with Crippen LogP contribution in [0.15, 0.2) is 30.3 Å². The molecule has 0 aromatic heterocycles. The second-order valence-electron chi connectivity index (χ2n) is 4.73. The highest BCUT2D eigenvalue weighted by Gasteiger charge is 2.27. The minimum absolute atomic E-state index is 0.139. The second-order valence-corrected chi connectivity index (χ2v) is 6.51. The van der Waals surface area contributed by atoms with Crippen LogP contribution in [-0.4, -0.2) is 10.9 Å². The smallest absolute Gasteiger partial charge is 0.383 e. The molecule has 0 saturated heterocycles. The first-order valence-corrected chi connectivity index (χ1v) is 8.30. The first-order valence-electron chi connectivity index (χ1n) is 6.54. The van der Waals surface area contributed by atoms with E-state index in [0.29, 0.717) is 12.0 Å². The number of hydrogen-bond acceptors (Lipinski definition) is 3. The fourth-order valence-electron chi connectivity index (χ4n) is 1.71. The van der Waals surface area contributed by atoms with E-state index < -0.39 is 13.6 Å². The minimum atomic E-state index is -3.91. The zero-order chi connectivity index (χ0) is 14.3. The van der Waals surface area contributed by atoms with Crippen molar-refractivity contribution in [3.63, 3.8) is 0 Å². The predicted molar refractivity (Wildman–Crippen MR) is 74.8 cm³/mol. The third kappa shape index (κ3) is 6.04. The molecule has 1 aromatic carbocycles. The van der Waals surface area contributed by atoms with Gasteiger partial charge in [-0.2, -0.15) is 0 Å². The molecule has 0 radical (unpaired) electrons. The van der Waals surface area contributed by atoms with Crippen molar-refractivity contribution < 1.29 is 18.8 Å². The molecule has 0 heterocycles. The molecule has 2 atom stereocenters. The molecule has 0 fully saturated rings. The molecule has 2 unspecified atom stereocenters. The van der Waals surface area contributed by atoms with Crippen molar-refractivity contribution in [2.75, 3.05) is 0 Å². The monoisotopic (exact) mass is 284 g/mol. The Hall–Kier alpha value is -1.12. The largest absolute Gasteiger partial charge is 0.391 e. The lowest BCUT2D eigenvalue weighted by molar-refractivity contribution is -0.139. The Balaban J connectivity index is 2.54. The fourth-order valence-corrected chi connectivity index (χ4v) is 2.90. The number of carbonyl (C=O) groups excluding carboxylic acids is 1. The van der Waals surface area contributed by atoms with Crippen LogP contribution in [0.3, 0.4) is 0 Å². The summed E-state index contributed by atoms with van der Waals surface area (Å²) in [5, 5.41) is 0. The van der Waals surface area contributed by atoms with Crippen molar-refractivity contribution in [2.45, 2.75) is 39.3 Å². The van der Waals surface area contributed by atoms with Gasteiger partial charge in [0.05, 0.1) is 12.1 Å². The average molecular weight is 284 g/mol. The lowest BCUT2D eigenvalue weighted by Crippen LogP contribution is -2.14. The number of carbonyl (C=O) groups is 1. The van der Waals surface area contributed by atoms with E-state index in [9.17, 15) is 14.3 Å². The maximum absolute atomic E-state index is 11.9. The van der Waals surface area contributed by atoms with E-state index in [0.717, 1.165) is 12.8 Å². The van der Waals surface area contributed by atoms with Gasteiger partial charge in [0.1, 0.15) is 0 Å². The Morgan fingerprint density at radius 1 is 1.37 bits per heavy atom. The normalized spacial score (nSPS) is 15.5. The quantitative estimate of drug-likeness (QED) is 0.775. The molecule has 0 spiro atoms. The first-order chi connectivity index (χ1) is 8.94. The Morgan fingerprint density at radius 3 is 2.58 bits per heavy atom. The van der Waals surface area contributed by atoms with E-state index in [4.69, 9.17) is 4.52 Å². The van der Waals surface area contributed by atoms with Crippen molar-refractivity contribution in [3.05, 3.63) is 35.9 Å². The summed E-state index contributed by atoms with van der Waals surface area (Å²) in [6, 6.07) is 8.85. The number of hydrogen-bond donors (Lipinski definition) is 1. The van der Waals surface area contributed by atoms with Crippen LogP contribution in [0.1, 0.15) is 38.7 Å². The van der Waals surface area contributed by atoms with Crippen LogP contribution in [0.5, 0.6) is 0 Å². The highest BCUT2D eigenvalue weighted by atomic mass is 31.2. The van der Waals surface area contributed by atoms with Gasteiger partial charge in [-0.25, -0.2) is 4.57 Å². The van der Waals surface area contributed by atoms with Gasteiger partial charge in [-0.3, -0.25) is 4.79 Å². The van der Waals surface area contributed by atoms with Crippen molar-refractivity contribution in [1.29, 1.82) is 0 Å². The first kappa shape index (κ1) is 15.9. The summed E-state index contributed by atoms with van der Waals surface area (Å²) in [6.07, 6.45) is 2.43. The Morgan fingerprint density at radius 2 is 2.00 bits per heavy atom. The van der Waals surface area contributed by atoms with Gasteiger partial charge in [-0.15, -0.1) is 0 Å². The van der Waals surface area contributed by atoms with Crippen molar-refractivity contribution in [1.82, 2.24) is 0 Å². The summed E-state index contributed by atoms with van der Waals surface area (Å²) < 4.78 is 16.7. The molecule has 0 saturated carbocycles. The van der Waals surface area contributed by atoms with Gasteiger partial charge >= 0.3 is 13.6 Å². The second kappa shape index (κ2) is 7.46. The number of rotatable bonds is 7. The SMILES string of the molecule is CCCCC(C)C(=O)OP(=O)(O)Cc1ccccc1. The standard InChI is InChI=1S/C14H21O4P/c1-3-4-8-12(2)14(15)18-19(16,17)11-13-9-6-5-7-10-13/h5-7,9-10,12H,3-4,8,11H2,1-2H3,(H,16,17). The molecule has 0 bridgehead atoms. The maximum atomic E-state index is 11.9. The molecule has 0 aliphatic carbocycles. The van der Waals surface area contributed by atoms with E-state index in [2.05, 4.69) is 0 Å². The van der Waals surface area contributed by atoms with Gasteiger partial charge in [-0.1, -0.05) is 57.0 Å². The van der Waals surface area contributed by atoms with Gasteiger partial charge in [0.15, 0.2) is 0 Å². The van der Waals surface area contributed by atoms with Gasteiger partial charge in [-0.05, 0) is 12.0 Å². The molecule has 1 aromatic rings. The van der Waals surface area contributed by atoms with Crippen molar-refractivity contribution in [2.24, 2.45) is 5.92 Å². The van der Waals surface area contributed by atoms with Crippen LogP contribution in [0.2, 0.25) is 0 Å². The molecule has 19 heavy (non-hydrogen) atoms. The van der Waals surface area contributed by atoms with Gasteiger partial charge in [0.25, 0.3) is 0 Å². The molecular weight excluding hydrogens is 263 g/mol. The van der Waals surface area contributed by atoms with E-state index in [-0.39, 0.29) is 12.1 Å². The Labute approximate surface area is 114 Å². The molecule has 0 amide bonds. The Bertz CT molecular complexity index is 444. The zero-order valence-electron chi connectivity index (χ0n) is 11.4. The third-order valence-electron chi connectivity index (χ3n) is 2.85. The van der Waals surface area contributed by atoms with Crippen LogP contribution < -0.4 is 0 Å². The zero-order valence-corrected chi connectivity index (χ0v) is 12.3. The minimum Gasteiger partial charge on any atom is -0.391 e. The molecule has 4 nitrogen and oxygen atoms in total. The predicted octanol–water partition coefficient (Wildman–Crippen LogP) is 3.74. The summed E-state index contributed by atoms with van der Waals surface area (Å²) in [7, 11) is -3.91. The lowest BCUT2D eigenvalue weighted by Gasteiger charge is -2.15. The van der Waals surface area contributed by atoms with Crippen molar-refractivity contribution >= 4 is 13.6 Å². The summed E-state index contributed by atoms with van der Waals surface area (Å²) in [6.45, 7) is 3.75. The van der Waals surface area contributed by atoms with E-state index in [1.165, 1.54) is 0 Å². The van der Waals surface area contributed by atoms with E-state index in [1.54, 1.807) is 31.2 Å². The number of benzene rings is 1. The summed E-state index contributed by atoms with van der Waals surface area (Å²) in [5.41, 5.74) is 0.683. The summed E-state index contributed by atoms with van der Waals surface area (Å²) in [5.74, 6) is -0.925. The maximum Gasteiger partial charge on any atom is 0.383 e. The summed E-state index contributed by atoms with van der Waals surface area (Å²) >= 11 is 0. The van der Waals surface area contributed by atoms with Gasteiger partial charge in [0, 0.05) is 0 Å². The van der Waals surface area contributed by atoms with Crippen LogP contribution in [0, 0.1) is 5.92 Å².